The van der Waals surface area contributed by atoms with E-state index < -0.39 is 41.4 Å². The molecule has 0 spiro atoms. The van der Waals surface area contributed by atoms with E-state index in [2.05, 4.69) is 51.6 Å². The van der Waals surface area contributed by atoms with Gasteiger partial charge in [-0.15, -0.1) is 0 Å². The summed E-state index contributed by atoms with van der Waals surface area (Å²) in [7, 11) is 4.48. The van der Waals surface area contributed by atoms with Crippen molar-refractivity contribution in [3.05, 3.63) is 184 Å². The zero-order chi connectivity index (χ0) is 44.2. The number of benzene rings is 5. The van der Waals surface area contributed by atoms with Gasteiger partial charge in [-0.05, 0) is 52.6 Å². The number of hydrogen-bond acceptors (Lipinski definition) is 12. The summed E-state index contributed by atoms with van der Waals surface area (Å²) in [6.07, 6.45) is -0.597. The minimum absolute atomic E-state index is 0.0810. The number of carbonyl (C=O) groups is 3. The second-order valence-corrected chi connectivity index (χ2v) is 14.6. The zero-order valence-corrected chi connectivity index (χ0v) is 35.2. The van der Waals surface area contributed by atoms with Crippen LogP contribution < -0.4 is 25.2 Å². The van der Waals surface area contributed by atoms with Gasteiger partial charge in [-0.3, -0.25) is 23.9 Å². The minimum atomic E-state index is -0.915. The van der Waals surface area contributed by atoms with Crippen LogP contribution in [0, 0.1) is 0 Å². The molecule has 324 valence electrons. The van der Waals surface area contributed by atoms with E-state index >= 15 is 0 Å². The highest BCUT2D eigenvalue weighted by Crippen LogP contribution is 2.45. The number of rotatable bonds is 17. The molecule has 1 aliphatic rings. The van der Waals surface area contributed by atoms with Crippen LogP contribution in [-0.4, -0.2) is 79.4 Å². The summed E-state index contributed by atoms with van der Waals surface area (Å²) in [5, 5.41) is 2.70. The molecule has 63 heavy (non-hydrogen) atoms. The van der Waals surface area contributed by atoms with Crippen molar-refractivity contribution < 1.29 is 42.8 Å². The van der Waals surface area contributed by atoms with E-state index in [1.165, 1.54) is 32.1 Å². The molecule has 2 heterocycles. The molecule has 0 aliphatic carbocycles. The molecular weight excluding hydrogens is 805 g/mol. The molecule has 1 N–H and O–H groups in total. The molecule has 7 rings (SSSR count). The number of methoxy groups -OCH3 is 3. The normalized spacial score (nSPS) is 15.2. The van der Waals surface area contributed by atoms with Crippen LogP contribution in [0.2, 0.25) is 0 Å². The average Bonchev–Trinajstić information content (AvgIpc) is 3.33. The van der Waals surface area contributed by atoms with Crippen LogP contribution in [0.25, 0.3) is 0 Å². The summed E-state index contributed by atoms with van der Waals surface area (Å²) in [5.41, 5.74) is 2.36. The third-order valence-corrected chi connectivity index (χ3v) is 10.7. The zero-order valence-electron chi connectivity index (χ0n) is 35.2. The number of carbonyl (C=O) groups excluding carboxylic acids is 3. The number of aromatic nitrogens is 2. The fourth-order valence-corrected chi connectivity index (χ4v) is 7.82. The van der Waals surface area contributed by atoms with Crippen molar-refractivity contribution in [3.63, 3.8) is 0 Å². The van der Waals surface area contributed by atoms with Gasteiger partial charge in [0.25, 0.3) is 5.91 Å². The molecule has 6 aromatic rings. The second kappa shape index (κ2) is 20.5. The first-order valence-corrected chi connectivity index (χ1v) is 20.4. The van der Waals surface area contributed by atoms with Gasteiger partial charge in [-0.25, -0.2) is 4.79 Å². The van der Waals surface area contributed by atoms with E-state index in [0.29, 0.717) is 28.4 Å². The lowest BCUT2D eigenvalue weighted by atomic mass is 9.75. The molecule has 14 heteroatoms. The van der Waals surface area contributed by atoms with Crippen LogP contribution in [0.5, 0.6) is 17.2 Å². The van der Waals surface area contributed by atoms with Crippen LogP contribution in [0.4, 0.5) is 5.82 Å². The molecule has 2 unspecified atom stereocenters. The number of anilines is 1. The third-order valence-electron chi connectivity index (χ3n) is 10.7. The molecule has 1 amide bonds. The highest BCUT2D eigenvalue weighted by Gasteiger charge is 2.46. The van der Waals surface area contributed by atoms with E-state index in [0.717, 1.165) is 16.7 Å². The van der Waals surface area contributed by atoms with Crippen molar-refractivity contribution in [2.24, 2.45) is 0 Å². The monoisotopic (exact) mass is 852 g/mol. The van der Waals surface area contributed by atoms with Gasteiger partial charge in [0.2, 0.25) is 5.75 Å². The van der Waals surface area contributed by atoms with Crippen LogP contribution in [0.1, 0.15) is 51.7 Å². The Labute approximate surface area is 364 Å². The van der Waals surface area contributed by atoms with Crippen molar-refractivity contribution in [2.45, 2.75) is 37.3 Å². The van der Waals surface area contributed by atoms with Gasteiger partial charge >= 0.3 is 17.6 Å². The predicted octanol–water partition coefficient (Wildman–Crippen LogP) is 6.78. The number of morpholine rings is 1. The maximum atomic E-state index is 13.8. The van der Waals surface area contributed by atoms with Gasteiger partial charge in [-0.2, -0.15) is 4.98 Å². The first-order chi connectivity index (χ1) is 30.7. The summed E-state index contributed by atoms with van der Waals surface area (Å²) in [6.45, 7) is 0.206. The standard InChI is InChI=1S/C49H48N4O10/c1-58-40-28-34(29-41(59-2)46(40)60-3)32-61-44(54)24-25-45(55)62-33-39-30-52(31-43(63-39)53-27-26-42(51-48(53)57)50-47(56)35-16-8-4-9-17-35)49(36-18-10-5-11-19-36,37-20-12-6-13-21-37)38-22-14-7-15-23-38/h4-23,26-29,39,43H,24-25,30-33H2,1-3H3,(H,50,51,56,57). The Hall–Kier alpha value is -7.29. The van der Waals surface area contributed by atoms with Crippen LogP contribution in [0.3, 0.4) is 0 Å². The number of nitrogens with one attached hydrogen (secondary N) is 1. The molecule has 0 bridgehead atoms. The molecule has 14 nitrogen and oxygen atoms in total. The van der Waals surface area contributed by atoms with Gasteiger partial charge in [0.15, 0.2) is 17.7 Å². The SMILES string of the molecule is COc1cc(COC(=O)CCC(=O)OCC2CN(C(c3ccccc3)(c3ccccc3)c3ccccc3)CC(n3ccc(NC(=O)c4ccccc4)nc3=O)O2)cc(OC)c1OC. The topological polar surface area (TPSA) is 157 Å². The molecule has 5 aromatic carbocycles. The van der Waals surface area contributed by atoms with Crippen molar-refractivity contribution in [1.29, 1.82) is 0 Å². The van der Waals surface area contributed by atoms with Gasteiger partial charge in [0.1, 0.15) is 25.1 Å². The fourth-order valence-electron chi connectivity index (χ4n) is 7.82. The Balaban J connectivity index is 1.13. The Bertz CT molecular complexity index is 2420. The molecular formula is C49H48N4O10. The second-order valence-electron chi connectivity index (χ2n) is 14.6. The molecule has 1 fully saturated rings. The van der Waals surface area contributed by atoms with Crippen LogP contribution in [0.15, 0.2) is 151 Å². The quantitative estimate of drug-likeness (QED) is 0.0760. The van der Waals surface area contributed by atoms with Crippen LogP contribution >= 0.6 is 0 Å². The first-order valence-electron chi connectivity index (χ1n) is 20.4. The number of nitrogens with zero attached hydrogens (tertiary/aromatic N) is 3. The van der Waals surface area contributed by atoms with Crippen molar-refractivity contribution in [2.75, 3.05) is 46.3 Å². The molecule has 1 saturated heterocycles. The van der Waals surface area contributed by atoms with Gasteiger partial charge in [0.05, 0.1) is 39.7 Å². The van der Waals surface area contributed by atoms with E-state index in [4.69, 9.17) is 28.4 Å². The lowest BCUT2D eigenvalue weighted by Crippen LogP contribution is -2.58. The summed E-state index contributed by atoms with van der Waals surface area (Å²) < 4.78 is 35.3. The molecule has 2 atom stereocenters. The maximum Gasteiger partial charge on any atom is 0.351 e. The lowest BCUT2D eigenvalue weighted by molar-refractivity contribution is -0.171. The van der Waals surface area contributed by atoms with Gasteiger partial charge < -0.3 is 33.7 Å². The van der Waals surface area contributed by atoms with Crippen LogP contribution in [-0.2, 0) is 35.9 Å². The number of ether oxygens (including phenoxy) is 6. The Morgan fingerprint density at radius 3 is 1.73 bits per heavy atom. The molecule has 1 aliphatic heterocycles. The third kappa shape index (κ3) is 10.1. The summed E-state index contributed by atoms with van der Waals surface area (Å²) >= 11 is 0. The van der Waals surface area contributed by atoms with Crippen molar-refractivity contribution in [3.8, 4) is 17.2 Å². The van der Waals surface area contributed by atoms with Gasteiger partial charge in [-0.1, -0.05) is 109 Å². The fraction of sp³-hybridized carbons (Fsp3) is 0.245. The minimum Gasteiger partial charge on any atom is -0.493 e. The highest BCUT2D eigenvalue weighted by molar-refractivity contribution is 6.03. The highest BCUT2D eigenvalue weighted by atomic mass is 16.6. The molecule has 0 saturated carbocycles. The smallest absolute Gasteiger partial charge is 0.351 e. The summed E-state index contributed by atoms with van der Waals surface area (Å²) in [4.78, 5) is 59.2. The summed E-state index contributed by atoms with van der Waals surface area (Å²) in [6, 6.07) is 43.7. The van der Waals surface area contributed by atoms with E-state index in [9.17, 15) is 19.2 Å². The largest absolute Gasteiger partial charge is 0.493 e. The number of amides is 1. The van der Waals surface area contributed by atoms with Gasteiger partial charge in [0, 0.05) is 24.8 Å². The number of hydrogen-bond donors (Lipinski definition) is 1. The van der Waals surface area contributed by atoms with E-state index in [-0.39, 0.29) is 45.0 Å². The Kier molecular flexibility index (Phi) is 14.3. The van der Waals surface area contributed by atoms with E-state index in [1.54, 1.807) is 48.5 Å². The van der Waals surface area contributed by atoms with E-state index in [1.807, 2.05) is 54.6 Å². The Morgan fingerprint density at radius 1 is 0.698 bits per heavy atom. The Morgan fingerprint density at radius 2 is 1.22 bits per heavy atom. The maximum absolute atomic E-state index is 13.8. The molecule has 0 radical (unpaired) electrons. The average molecular weight is 853 g/mol. The number of esters is 2. The summed E-state index contributed by atoms with van der Waals surface area (Å²) in [5.74, 6) is -0.326. The van der Waals surface area contributed by atoms with Crippen molar-refractivity contribution in [1.82, 2.24) is 14.5 Å². The first kappa shape index (κ1) is 43.8. The lowest BCUT2D eigenvalue weighted by Gasteiger charge is -2.50. The predicted molar refractivity (Wildman–Crippen MR) is 234 cm³/mol. The van der Waals surface area contributed by atoms with Crippen molar-refractivity contribution >= 4 is 23.7 Å². The molecule has 1 aromatic heterocycles.